The van der Waals surface area contributed by atoms with Crippen LogP contribution in [0.2, 0.25) is 0 Å². The summed E-state index contributed by atoms with van der Waals surface area (Å²) in [4.78, 5) is 16.0. The Bertz CT molecular complexity index is 1140. The number of nitrogens with zero attached hydrogens (tertiary/aromatic N) is 3. The first-order valence-electron chi connectivity index (χ1n) is 7.45. The lowest BCUT2D eigenvalue weighted by atomic mass is 10.0. The summed E-state index contributed by atoms with van der Waals surface area (Å²) in [6.07, 6.45) is 3.26. The van der Waals surface area contributed by atoms with Gasteiger partial charge in [-0.15, -0.1) is 0 Å². The van der Waals surface area contributed by atoms with Crippen molar-refractivity contribution in [3.05, 3.63) is 67.1 Å². The van der Waals surface area contributed by atoms with E-state index in [1.165, 1.54) is 27.9 Å². The Labute approximate surface area is 131 Å². The number of fused-ring (bicyclic) bond motifs is 3. The Hall–Kier alpha value is -3.27. The van der Waals surface area contributed by atoms with Gasteiger partial charge in [-0.2, -0.15) is 0 Å². The van der Waals surface area contributed by atoms with Gasteiger partial charge in [-0.3, -0.25) is 0 Å². The van der Waals surface area contributed by atoms with Crippen molar-refractivity contribution < 1.29 is 0 Å². The Kier molecular flexibility index (Phi) is 2.46. The van der Waals surface area contributed by atoms with Crippen molar-refractivity contribution >= 4 is 32.7 Å². The molecule has 4 heteroatoms. The van der Waals surface area contributed by atoms with Crippen LogP contribution in [-0.4, -0.2) is 19.9 Å². The van der Waals surface area contributed by atoms with E-state index in [1.807, 2.05) is 0 Å². The molecular weight excluding hydrogens is 284 g/mol. The highest BCUT2D eigenvalue weighted by molar-refractivity contribution is 5.99. The number of nitrogens with one attached hydrogen (secondary N) is 1. The molecule has 3 aromatic carbocycles. The number of imidazole rings is 1. The zero-order valence-electron chi connectivity index (χ0n) is 12.2. The molecule has 2 heterocycles. The van der Waals surface area contributed by atoms with Crippen LogP contribution in [0.25, 0.3) is 44.1 Å². The Morgan fingerprint density at radius 3 is 2.39 bits per heavy atom. The minimum absolute atomic E-state index is 0.689. The van der Waals surface area contributed by atoms with E-state index in [0.29, 0.717) is 5.65 Å². The zero-order valence-corrected chi connectivity index (χ0v) is 12.2. The molecule has 5 aromatic rings. The van der Waals surface area contributed by atoms with Crippen molar-refractivity contribution in [3.63, 3.8) is 0 Å². The number of aromatic amines is 1. The number of rotatable bonds is 1. The van der Waals surface area contributed by atoms with Gasteiger partial charge in [0, 0.05) is 5.56 Å². The topological polar surface area (TPSA) is 54.5 Å². The second-order valence-electron chi connectivity index (χ2n) is 5.61. The van der Waals surface area contributed by atoms with Gasteiger partial charge in [-0.1, -0.05) is 36.4 Å². The van der Waals surface area contributed by atoms with Crippen LogP contribution in [-0.2, 0) is 0 Å². The smallest absolute Gasteiger partial charge is 0.181 e. The van der Waals surface area contributed by atoms with E-state index in [2.05, 4.69) is 74.5 Å². The summed E-state index contributed by atoms with van der Waals surface area (Å²) in [6, 6.07) is 19.2. The summed E-state index contributed by atoms with van der Waals surface area (Å²) in [5, 5.41) is 4.93. The molecule has 0 atom stereocenters. The summed E-state index contributed by atoms with van der Waals surface area (Å²) >= 11 is 0. The monoisotopic (exact) mass is 296 g/mol. The molecule has 5 rings (SSSR count). The highest BCUT2D eigenvalue weighted by atomic mass is 15.0. The van der Waals surface area contributed by atoms with Crippen LogP contribution in [0.15, 0.2) is 67.1 Å². The molecule has 0 saturated heterocycles. The van der Waals surface area contributed by atoms with Crippen LogP contribution in [0.4, 0.5) is 0 Å². The van der Waals surface area contributed by atoms with Crippen molar-refractivity contribution in [2.24, 2.45) is 0 Å². The molecule has 0 spiro atoms. The molecule has 2 aromatic heterocycles. The third-order valence-corrected chi connectivity index (χ3v) is 4.14. The van der Waals surface area contributed by atoms with E-state index in [0.717, 1.165) is 16.9 Å². The third-order valence-electron chi connectivity index (χ3n) is 4.14. The van der Waals surface area contributed by atoms with Crippen molar-refractivity contribution in [1.29, 1.82) is 0 Å². The van der Waals surface area contributed by atoms with Crippen molar-refractivity contribution in [3.8, 4) is 11.4 Å². The Morgan fingerprint density at radius 2 is 1.57 bits per heavy atom. The van der Waals surface area contributed by atoms with E-state index in [-0.39, 0.29) is 0 Å². The van der Waals surface area contributed by atoms with E-state index < -0.39 is 0 Å². The maximum Gasteiger partial charge on any atom is 0.181 e. The van der Waals surface area contributed by atoms with Gasteiger partial charge in [0.1, 0.15) is 17.7 Å². The second kappa shape index (κ2) is 4.61. The molecule has 0 aliphatic heterocycles. The lowest BCUT2D eigenvalue weighted by Crippen LogP contribution is -1.82. The molecule has 0 radical (unpaired) electrons. The number of hydrogen-bond donors (Lipinski definition) is 1. The van der Waals surface area contributed by atoms with Gasteiger partial charge in [-0.25, -0.2) is 15.0 Å². The molecule has 0 amide bonds. The molecule has 0 bridgehead atoms. The Morgan fingerprint density at radius 1 is 0.783 bits per heavy atom. The molecule has 4 nitrogen and oxygen atoms in total. The van der Waals surface area contributed by atoms with Gasteiger partial charge in [0.05, 0.1) is 6.20 Å². The fourth-order valence-corrected chi connectivity index (χ4v) is 2.99. The molecule has 23 heavy (non-hydrogen) atoms. The highest BCUT2D eigenvalue weighted by Crippen LogP contribution is 2.27. The molecular formula is C19H12N4. The van der Waals surface area contributed by atoms with Gasteiger partial charge < -0.3 is 4.98 Å². The van der Waals surface area contributed by atoms with E-state index in [4.69, 9.17) is 0 Å². The molecule has 0 fully saturated rings. The number of H-pyrrole nitrogens is 1. The first-order valence-corrected chi connectivity index (χ1v) is 7.45. The first kappa shape index (κ1) is 12.3. The largest absolute Gasteiger partial charge is 0.335 e. The average molecular weight is 296 g/mol. The van der Waals surface area contributed by atoms with Crippen LogP contribution in [0.3, 0.4) is 0 Å². The minimum Gasteiger partial charge on any atom is -0.335 e. The molecule has 1 N–H and O–H groups in total. The fraction of sp³-hybridized carbons (Fsp3) is 0. The summed E-state index contributed by atoms with van der Waals surface area (Å²) in [7, 11) is 0. The van der Waals surface area contributed by atoms with Crippen molar-refractivity contribution in [2.45, 2.75) is 0 Å². The van der Waals surface area contributed by atoms with Gasteiger partial charge in [0.2, 0.25) is 0 Å². The highest BCUT2D eigenvalue weighted by Gasteiger charge is 2.07. The Balaban J connectivity index is 1.73. The lowest BCUT2D eigenvalue weighted by Gasteiger charge is -2.04. The molecule has 0 aliphatic carbocycles. The molecule has 0 unspecified atom stereocenters. The minimum atomic E-state index is 0.689. The van der Waals surface area contributed by atoms with Gasteiger partial charge in [0.25, 0.3) is 0 Å². The van der Waals surface area contributed by atoms with Crippen LogP contribution in [0.1, 0.15) is 0 Å². The number of aromatic nitrogens is 4. The fourth-order valence-electron chi connectivity index (χ4n) is 2.99. The van der Waals surface area contributed by atoms with Gasteiger partial charge in [0.15, 0.2) is 5.65 Å². The van der Waals surface area contributed by atoms with Crippen molar-refractivity contribution in [1.82, 2.24) is 19.9 Å². The molecule has 0 aliphatic rings. The number of benzene rings is 3. The zero-order chi connectivity index (χ0) is 15.2. The summed E-state index contributed by atoms with van der Waals surface area (Å²) < 4.78 is 0. The number of hydrogen-bond acceptors (Lipinski definition) is 3. The summed E-state index contributed by atoms with van der Waals surface area (Å²) in [5.74, 6) is 0.815. The average Bonchev–Trinajstić information content (AvgIpc) is 3.03. The summed E-state index contributed by atoms with van der Waals surface area (Å²) in [6.45, 7) is 0. The van der Waals surface area contributed by atoms with Gasteiger partial charge >= 0.3 is 0 Å². The second-order valence-corrected chi connectivity index (χ2v) is 5.61. The van der Waals surface area contributed by atoms with Gasteiger partial charge in [-0.05, 0) is 39.7 Å². The SMILES string of the molecule is c1ccc2cc3cc(-c4nc5ncncc5[nH]4)ccc3cc2c1. The molecule has 0 saturated carbocycles. The van der Waals surface area contributed by atoms with E-state index in [1.54, 1.807) is 6.20 Å². The van der Waals surface area contributed by atoms with Crippen LogP contribution in [0, 0.1) is 0 Å². The maximum absolute atomic E-state index is 4.55. The van der Waals surface area contributed by atoms with E-state index >= 15 is 0 Å². The summed E-state index contributed by atoms with van der Waals surface area (Å²) in [5.41, 5.74) is 2.58. The standard InChI is InChI=1S/C19H12N4/c1-2-4-13-8-16-9-15(6-5-14(16)7-12(13)3-1)18-22-17-10-20-11-21-19(17)23-18/h1-11H,(H,20,21,22,23). The quantitative estimate of drug-likeness (QED) is 0.468. The third kappa shape index (κ3) is 1.96. The predicted molar refractivity (Wildman–Crippen MR) is 92.1 cm³/mol. The van der Waals surface area contributed by atoms with Crippen LogP contribution < -0.4 is 0 Å². The normalized spacial score (nSPS) is 11.5. The maximum atomic E-state index is 4.55. The predicted octanol–water partition coefficient (Wildman–Crippen LogP) is 4.33. The van der Waals surface area contributed by atoms with Crippen molar-refractivity contribution in [2.75, 3.05) is 0 Å². The van der Waals surface area contributed by atoms with Crippen LogP contribution in [0.5, 0.6) is 0 Å². The molecule has 108 valence electrons. The first-order chi connectivity index (χ1) is 11.4. The van der Waals surface area contributed by atoms with Crippen LogP contribution >= 0.6 is 0 Å². The lowest BCUT2D eigenvalue weighted by molar-refractivity contribution is 1.20. The van der Waals surface area contributed by atoms with E-state index in [9.17, 15) is 0 Å².